The van der Waals surface area contributed by atoms with Gasteiger partial charge in [-0.15, -0.1) is 0 Å². The third-order valence-corrected chi connectivity index (χ3v) is 3.88. The Hall–Kier alpha value is -0.730. The van der Waals surface area contributed by atoms with Crippen LogP contribution in [0.5, 0.6) is 5.75 Å². The van der Waals surface area contributed by atoms with Crippen molar-refractivity contribution in [2.24, 2.45) is 0 Å². The van der Waals surface area contributed by atoms with E-state index in [0.29, 0.717) is 6.04 Å². The van der Waals surface area contributed by atoms with Crippen molar-refractivity contribution >= 4 is 11.6 Å². The molecular weight excluding hydrogens is 234 g/mol. The van der Waals surface area contributed by atoms with Crippen molar-refractivity contribution in [3.8, 4) is 5.75 Å². The van der Waals surface area contributed by atoms with Gasteiger partial charge < -0.3 is 10.1 Å². The molecule has 0 spiro atoms. The molecule has 92 valence electrons. The number of benzene rings is 1. The Morgan fingerprint density at radius 3 is 2.94 bits per heavy atom. The molecule has 0 aliphatic carbocycles. The zero-order chi connectivity index (χ0) is 12.0. The van der Waals surface area contributed by atoms with Crippen molar-refractivity contribution in [3.63, 3.8) is 0 Å². The summed E-state index contributed by atoms with van der Waals surface area (Å²) in [6.07, 6.45) is 3.41. The molecule has 1 atom stereocenters. The van der Waals surface area contributed by atoms with Crippen molar-refractivity contribution in [2.75, 3.05) is 6.54 Å². The highest BCUT2D eigenvalue weighted by molar-refractivity contribution is 6.32. The molecule has 2 aliphatic rings. The van der Waals surface area contributed by atoms with E-state index in [1.807, 2.05) is 0 Å². The van der Waals surface area contributed by atoms with E-state index in [1.165, 1.54) is 24.0 Å². The fraction of sp³-hybridized carbons (Fsp3) is 0.571. The average Bonchev–Trinajstić information content (AvgIpc) is 2.83. The van der Waals surface area contributed by atoms with E-state index in [0.717, 1.165) is 23.7 Å². The van der Waals surface area contributed by atoms with Crippen LogP contribution in [-0.2, 0) is 6.42 Å². The third-order valence-electron chi connectivity index (χ3n) is 3.60. The van der Waals surface area contributed by atoms with Gasteiger partial charge in [0.15, 0.2) is 0 Å². The Morgan fingerprint density at radius 2 is 2.24 bits per heavy atom. The van der Waals surface area contributed by atoms with Crippen LogP contribution in [0.1, 0.15) is 43.9 Å². The Bertz CT molecular complexity index is 450. The minimum atomic E-state index is -0.117. The van der Waals surface area contributed by atoms with E-state index in [-0.39, 0.29) is 5.60 Å². The van der Waals surface area contributed by atoms with Gasteiger partial charge in [-0.25, -0.2) is 0 Å². The van der Waals surface area contributed by atoms with Crippen molar-refractivity contribution in [3.05, 3.63) is 28.3 Å². The van der Waals surface area contributed by atoms with Crippen LogP contribution >= 0.6 is 11.6 Å². The number of hydrogen-bond acceptors (Lipinski definition) is 2. The number of fused-ring (bicyclic) bond motifs is 1. The molecule has 0 aromatic heterocycles. The van der Waals surface area contributed by atoms with Gasteiger partial charge >= 0.3 is 0 Å². The van der Waals surface area contributed by atoms with Crippen molar-refractivity contribution in [1.29, 1.82) is 0 Å². The quantitative estimate of drug-likeness (QED) is 0.825. The predicted octanol–water partition coefficient (Wildman–Crippen LogP) is 3.48. The van der Waals surface area contributed by atoms with E-state index < -0.39 is 0 Å². The van der Waals surface area contributed by atoms with E-state index in [2.05, 4.69) is 31.3 Å². The van der Waals surface area contributed by atoms with Gasteiger partial charge in [-0.1, -0.05) is 17.7 Å². The highest BCUT2D eigenvalue weighted by Crippen LogP contribution is 2.42. The second-order valence-electron chi connectivity index (χ2n) is 5.68. The third kappa shape index (κ3) is 2.04. The number of nitrogens with one attached hydrogen (secondary N) is 1. The SMILES string of the molecule is CC1(C)Cc2cc(C3CCCN3)cc(Cl)c2O1. The summed E-state index contributed by atoms with van der Waals surface area (Å²) in [5.41, 5.74) is 2.45. The number of rotatable bonds is 1. The second-order valence-corrected chi connectivity index (χ2v) is 6.09. The van der Waals surface area contributed by atoms with Crippen LogP contribution in [-0.4, -0.2) is 12.1 Å². The molecule has 1 aromatic carbocycles. The molecule has 0 bridgehead atoms. The van der Waals surface area contributed by atoms with Gasteiger partial charge in [-0.2, -0.15) is 0 Å². The molecular formula is C14H18ClNO. The van der Waals surface area contributed by atoms with Crippen LogP contribution in [0.4, 0.5) is 0 Å². The first kappa shape index (κ1) is 11.4. The van der Waals surface area contributed by atoms with Gasteiger partial charge in [0.25, 0.3) is 0 Å². The van der Waals surface area contributed by atoms with Gasteiger partial charge in [0.05, 0.1) is 5.02 Å². The minimum absolute atomic E-state index is 0.117. The number of ether oxygens (including phenoxy) is 1. The molecule has 17 heavy (non-hydrogen) atoms. The van der Waals surface area contributed by atoms with Crippen LogP contribution in [0, 0.1) is 0 Å². The van der Waals surface area contributed by atoms with Gasteiger partial charge in [0.1, 0.15) is 11.4 Å². The molecule has 1 N–H and O–H groups in total. The van der Waals surface area contributed by atoms with Gasteiger partial charge in [0, 0.05) is 12.5 Å². The van der Waals surface area contributed by atoms with Gasteiger partial charge in [0.2, 0.25) is 0 Å². The predicted molar refractivity (Wildman–Crippen MR) is 69.8 cm³/mol. The average molecular weight is 252 g/mol. The zero-order valence-electron chi connectivity index (χ0n) is 10.3. The molecule has 2 nitrogen and oxygen atoms in total. The topological polar surface area (TPSA) is 21.3 Å². The molecule has 0 radical (unpaired) electrons. The lowest BCUT2D eigenvalue weighted by molar-refractivity contribution is 0.138. The van der Waals surface area contributed by atoms with Crippen LogP contribution in [0.15, 0.2) is 12.1 Å². The molecule has 0 amide bonds. The van der Waals surface area contributed by atoms with E-state index in [4.69, 9.17) is 16.3 Å². The Kier molecular flexibility index (Phi) is 2.60. The summed E-state index contributed by atoms with van der Waals surface area (Å²) in [6, 6.07) is 4.80. The molecule has 1 unspecified atom stereocenters. The molecule has 3 rings (SSSR count). The van der Waals surface area contributed by atoms with Crippen LogP contribution in [0.25, 0.3) is 0 Å². The molecule has 0 saturated carbocycles. The summed E-state index contributed by atoms with van der Waals surface area (Å²) < 4.78 is 5.89. The van der Waals surface area contributed by atoms with Gasteiger partial charge in [-0.05, 0) is 50.4 Å². The Balaban J connectivity index is 1.98. The maximum absolute atomic E-state index is 6.33. The summed E-state index contributed by atoms with van der Waals surface area (Å²) in [4.78, 5) is 0. The van der Waals surface area contributed by atoms with Crippen molar-refractivity contribution in [2.45, 2.75) is 44.8 Å². The Morgan fingerprint density at radius 1 is 1.41 bits per heavy atom. The maximum atomic E-state index is 6.33. The zero-order valence-corrected chi connectivity index (χ0v) is 11.1. The summed E-state index contributed by atoms with van der Waals surface area (Å²) in [5.74, 6) is 0.887. The molecule has 1 saturated heterocycles. The van der Waals surface area contributed by atoms with Gasteiger partial charge in [-0.3, -0.25) is 0 Å². The standard InChI is InChI=1S/C14H18ClNO/c1-14(2)8-10-6-9(12-4-3-5-16-12)7-11(15)13(10)17-14/h6-7,12,16H,3-5,8H2,1-2H3. The first-order valence-electron chi connectivity index (χ1n) is 6.30. The van der Waals surface area contributed by atoms with Crippen molar-refractivity contribution in [1.82, 2.24) is 5.32 Å². The second kappa shape index (κ2) is 3.89. The van der Waals surface area contributed by atoms with Crippen LogP contribution in [0.2, 0.25) is 5.02 Å². The van der Waals surface area contributed by atoms with E-state index in [1.54, 1.807) is 0 Å². The summed E-state index contributed by atoms with van der Waals surface area (Å²) in [7, 11) is 0. The van der Waals surface area contributed by atoms with Crippen LogP contribution < -0.4 is 10.1 Å². The van der Waals surface area contributed by atoms with E-state index >= 15 is 0 Å². The highest BCUT2D eigenvalue weighted by Gasteiger charge is 2.32. The molecule has 2 aliphatic heterocycles. The Labute approximate surface area is 107 Å². The summed E-state index contributed by atoms with van der Waals surface area (Å²) >= 11 is 6.33. The molecule has 2 heterocycles. The lowest BCUT2D eigenvalue weighted by Crippen LogP contribution is -2.24. The number of halogens is 1. The molecule has 1 aromatic rings. The van der Waals surface area contributed by atoms with Crippen molar-refractivity contribution < 1.29 is 4.74 Å². The first-order valence-corrected chi connectivity index (χ1v) is 6.68. The normalized spacial score (nSPS) is 25.7. The molecule has 3 heteroatoms. The minimum Gasteiger partial charge on any atom is -0.486 e. The van der Waals surface area contributed by atoms with E-state index in [9.17, 15) is 0 Å². The lowest BCUT2D eigenvalue weighted by atomic mass is 9.97. The lowest BCUT2D eigenvalue weighted by Gasteiger charge is -2.17. The fourth-order valence-corrected chi connectivity index (χ4v) is 3.15. The summed E-state index contributed by atoms with van der Waals surface area (Å²) in [5, 5.41) is 4.27. The largest absolute Gasteiger partial charge is 0.486 e. The monoisotopic (exact) mass is 251 g/mol. The number of hydrogen-bond donors (Lipinski definition) is 1. The first-order chi connectivity index (χ1) is 8.05. The molecule has 1 fully saturated rings. The highest BCUT2D eigenvalue weighted by atomic mass is 35.5. The van der Waals surface area contributed by atoms with Crippen LogP contribution in [0.3, 0.4) is 0 Å². The maximum Gasteiger partial charge on any atom is 0.142 e. The summed E-state index contributed by atoms with van der Waals surface area (Å²) in [6.45, 7) is 5.33. The smallest absolute Gasteiger partial charge is 0.142 e. The fourth-order valence-electron chi connectivity index (χ4n) is 2.86.